The van der Waals surface area contributed by atoms with E-state index in [4.69, 9.17) is 5.73 Å². The maximum atomic E-state index is 12.0. The summed E-state index contributed by atoms with van der Waals surface area (Å²) >= 11 is 0. The van der Waals surface area contributed by atoms with Gasteiger partial charge in [0.1, 0.15) is 6.04 Å². The van der Waals surface area contributed by atoms with E-state index in [2.05, 4.69) is 10.6 Å². The van der Waals surface area contributed by atoms with Crippen LogP contribution in [0.4, 0.5) is 0 Å². The van der Waals surface area contributed by atoms with Crippen LogP contribution in [-0.4, -0.2) is 41.5 Å². The highest BCUT2D eigenvalue weighted by Gasteiger charge is 2.21. The topological polar surface area (TPSA) is 122 Å². The molecule has 2 amide bonds. The molecule has 0 spiro atoms. The van der Waals surface area contributed by atoms with Gasteiger partial charge in [-0.25, -0.2) is 4.79 Å². The number of amides is 2. The molecule has 27 heavy (non-hydrogen) atoms. The van der Waals surface area contributed by atoms with Crippen molar-refractivity contribution in [3.8, 4) is 0 Å². The normalized spacial score (nSPS) is 12.6. The van der Waals surface area contributed by atoms with Gasteiger partial charge in [0, 0.05) is 6.42 Å². The minimum atomic E-state index is -1.14. The van der Waals surface area contributed by atoms with Gasteiger partial charge in [-0.15, -0.1) is 0 Å². The van der Waals surface area contributed by atoms with Crippen molar-refractivity contribution in [3.63, 3.8) is 0 Å². The van der Waals surface area contributed by atoms with E-state index in [0.717, 1.165) is 11.1 Å². The third-order valence-electron chi connectivity index (χ3n) is 3.97. The van der Waals surface area contributed by atoms with Gasteiger partial charge in [0.25, 0.3) is 0 Å². The zero-order chi connectivity index (χ0) is 19.6. The number of rotatable bonds is 9. The Bertz CT molecular complexity index is 765. The van der Waals surface area contributed by atoms with Gasteiger partial charge in [-0.05, 0) is 17.5 Å². The molecule has 2 aromatic carbocycles. The summed E-state index contributed by atoms with van der Waals surface area (Å²) in [6, 6.07) is 16.4. The number of nitrogens with two attached hydrogens (primary N) is 1. The fourth-order valence-electron chi connectivity index (χ4n) is 2.55. The van der Waals surface area contributed by atoms with Crippen molar-refractivity contribution in [1.82, 2.24) is 10.6 Å². The second-order valence-corrected chi connectivity index (χ2v) is 6.16. The lowest BCUT2D eigenvalue weighted by atomic mass is 10.1. The number of carbonyl (C=O) groups excluding carboxylic acids is 2. The summed E-state index contributed by atoms with van der Waals surface area (Å²) in [6.45, 7) is -0.333. The Morgan fingerprint density at radius 3 is 1.93 bits per heavy atom. The van der Waals surface area contributed by atoms with Crippen LogP contribution in [0.5, 0.6) is 0 Å². The van der Waals surface area contributed by atoms with Gasteiger partial charge in [0.2, 0.25) is 11.8 Å². The Labute approximate surface area is 157 Å². The molecule has 2 aromatic rings. The lowest BCUT2D eigenvalue weighted by molar-refractivity contribution is -0.141. The van der Waals surface area contributed by atoms with Crippen LogP contribution in [0.3, 0.4) is 0 Å². The molecular weight excluding hydrogens is 346 g/mol. The second kappa shape index (κ2) is 10.1. The predicted molar refractivity (Wildman–Crippen MR) is 101 cm³/mol. The maximum Gasteiger partial charge on any atom is 0.326 e. The van der Waals surface area contributed by atoms with E-state index in [1.165, 1.54) is 0 Å². The van der Waals surface area contributed by atoms with Gasteiger partial charge in [0.05, 0.1) is 12.6 Å². The third kappa shape index (κ3) is 6.91. The summed E-state index contributed by atoms with van der Waals surface area (Å²) in [5.41, 5.74) is 7.56. The number of nitrogens with one attached hydrogen (secondary N) is 2. The van der Waals surface area contributed by atoms with Crippen molar-refractivity contribution >= 4 is 17.8 Å². The van der Waals surface area contributed by atoms with E-state index in [1.807, 2.05) is 36.4 Å². The molecule has 7 heteroatoms. The smallest absolute Gasteiger partial charge is 0.326 e. The monoisotopic (exact) mass is 369 g/mol. The summed E-state index contributed by atoms with van der Waals surface area (Å²) in [5, 5.41) is 14.1. The second-order valence-electron chi connectivity index (χ2n) is 6.16. The molecule has 0 aliphatic rings. The maximum absolute atomic E-state index is 12.0. The highest BCUT2D eigenvalue weighted by Crippen LogP contribution is 2.04. The molecule has 0 aliphatic heterocycles. The molecule has 0 unspecified atom stereocenters. The molecular formula is C20H23N3O4. The van der Waals surface area contributed by atoms with Gasteiger partial charge in [-0.1, -0.05) is 60.7 Å². The molecule has 0 saturated carbocycles. The number of benzene rings is 2. The highest BCUT2D eigenvalue weighted by atomic mass is 16.4. The van der Waals surface area contributed by atoms with Crippen molar-refractivity contribution < 1.29 is 19.5 Å². The van der Waals surface area contributed by atoms with Gasteiger partial charge in [-0.3, -0.25) is 9.59 Å². The Hall–Kier alpha value is -3.19. The van der Waals surface area contributed by atoms with E-state index >= 15 is 0 Å². The van der Waals surface area contributed by atoms with Crippen molar-refractivity contribution in [2.45, 2.75) is 24.9 Å². The Morgan fingerprint density at radius 1 is 0.889 bits per heavy atom. The van der Waals surface area contributed by atoms with Crippen LogP contribution >= 0.6 is 0 Å². The fraction of sp³-hybridized carbons (Fsp3) is 0.250. The SMILES string of the molecule is N[C@@H](Cc1ccccc1)C(=O)NCC(=O)N[C@@H](Cc1ccccc1)C(=O)O. The lowest BCUT2D eigenvalue weighted by Gasteiger charge is -2.16. The van der Waals surface area contributed by atoms with Crippen LogP contribution in [0.2, 0.25) is 0 Å². The predicted octanol–water partition coefficient (Wildman–Crippen LogP) is 0.485. The van der Waals surface area contributed by atoms with Gasteiger partial charge < -0.3 is 21.5 Å². The summed E-state index contributed by atoms with van der Waals surface area (Å²) in [6.07, 6.45) is 0.503. The Kier molecular flexibility index (Phi) is 7.51. The van der Waals surface area contributed by atoms with Crippen LogP contribution in [0.1, 0.15) is 11.1 Å². The van der Waals surface area contributed by atoms with Crippen LogP contribution in [0, 0.1) is 0 Å². The molecule has 142 valence electrons. The van der Waals surface area contributed by atoms with Crippen molar-refractivity contribution in [2.24, 2.45) is 5.73 Å². The lowest BCUT2D eigenvalue weighted by Crippen LogP contribution is -2.49. The average Bonchev–Trinajstić information content (AvgIpc) is 2.67. The van der Waals surface area contributed by atoms with E-state index < -0.39 is 29.9 Å². The highest BCUT2D eigenvalue weighted by molar-refractivity contribution is 5.89. The first-order valence-corrected chi connectivity index (χ1v) is 8.59. The number of hydrogen-bond donors (Lipinski definition) is 4. The summed E-state index contributed by atoms with van der Waals surface area (Å²) in [5.74, 6) is -2.19. The molecule has 0 fully saturated rings. The van der Waals surface area contributed by atoms with E-state index in [0.29, 0.717) is 6.42 Å². The first kappa shape index (κ1) is 20.1. The van der Waals surface area contributed by atoms with Crippen molar-refractivity contribution in [3.05, 3.63) is 71.8 Å². The van der Waals surface area contributed by atoms with Gasteiger partial charge in [-0.2, -0.15) is 0 Å². The van der Waals surface area contributed by atoms with E-state index in [-0.39, 0.29) is 13.0 Å². The summed E-state index contributed by atoms with van der Waals surface area (Å²) in [7, 11) is 0. The van der Waals surface area contributed by atoms with E-state index in [9.17, 15) is 19.5 Å². The minimum absolute atomic E-state index is 0.156. The number of carboxylic acids is 1. The molecule has 7 nitrogen and oxygen atoms in total. The average molecular weight is 369 g/mol. The molecule has 0 bridgehead atoms. The van der Waals surface area contributed by atoms with Crippen LogP contribution < -0.4 is 16.4 Å². The standard InChI is InChI=1S/C20H23N3O4/c21-16(11-14-7-3-1-4-8-14)19(25)22-13-18(24)23-17(20(26)27)12-15-9-5-2-6-10-15/h1-10,16-17H,11-13,21H2,(H,22,25)(H,23,24)(H,26,27)/t16-,17-/m0/s1. The molecule has 0 heterocycles. The zero-order valence-corrected chi connectivity index (χ0v) is 14.8. The van der Waals surface area contributed by atoms with Crippen LogP contribution in [0.15, 0.2) is 60.7 Å². The molecule has 0 aliphatic carbocycles. The Morgan fingerprint density at radius 2 is 1.41 bits per heavy atom. The number of hydrogen-bond acceptors (Lipinski definition) is 4. The first-order chi connectivity index (χ1) is 13.0. The van der Waals surface area contributed by atoms with Crippen LogP contribution in [-0.2, 0) is 27.2 Å². The van der Waals surface area contributed by atoms with Crippen LogP contribution in [0.25, 0.3) is 0 Å². The minimum Gasteiger partial charge on any atom is -0.480 e. The number of carbonyl (C=O) groups is 3. The molecule has 0 radical (unpaired) electrons. The third-order valence-corrected chi connectivity index (χ3v) is 3.97. The zero-order valence-electron chi connectivity index (χ0n) is 14.8. The number of carboxylic acid groups (broad SMARTS) is 1. The van der Waals surface area contributed by atoms with Crippen molar-refractivity contribution in [1.29, 1.82) is 0 Å². The largest absolute Gasteiger partial charge is 0.480 e. The molecule has 2 atom stereocenters. The summed E-state index contributed by atoms with van der Waals surface area (Å²) < 4.78 is 0. The molecule has 0 aromatic heterocycles. The number of aliphatic carboxylic acids is 1. The molecule has 2 rings (SSSR count). The first-order valence-electron chi connectivity index (χ1n) is 8.59. The van der Waals surface area contributed by atoms with Crippen molar-refractivity contribution in [2.75, 3.05) is 6.54 Å². The quantitative estimate of drug-likeness (QED) is 0.512. The van der Waals surface area contributed by atoms with E-state index in [1.54, 1.807) is 24.3 Å². The Balaban J connectivity index is 1.81. The molecule has 5 N–H and O–H groups in total. The summed E-state index contributed by atoms with van der Waals surface area (Å²) in [4.78, 5) is 35.4. The fourth-order valence-corrected chi connectivity index (χ4v) is 2.55. The molecule has 0 saturated heterocycles. The van der Waals surface area contributed by atoms with Gasteiger partial charge in [0.15, 0.2) is 0 Å². The van der Waals surface area contributed by atoms with Gasteiger partial charge >= 0.3 is 5.97 Å².